The molecule has 0 fully saturated rings. The van der Waals surface area contributed by atoms with Gasteiger partial charge in [-0.05, 0) is 6.92 Å². The smallest absolute Gasteiger partial charge is 0.114 e. The van der Waals surface area contributed by atoms with E-state index in [1.54, 1.807) is 12.6 Å². The number of hydrogen-bond donors (Lipinski definition) is 0. The Morgan fingerprint density at radius 1 is 1.62 bits per heavy atom. The maximum atomic E-state index is 3.70. The normalized spacial score (nSPS) is 17.4. The van der Waals surface area contributed by atoms with Crippen LogP contribution in [0.3, 0.4) is 0 Å². The molecule has 0 spiro atoms. The molecule has 0 N–H and O–H groups in total. The molecule has 1 aliphatic heterocycles. The van der Waals surface area contributed by atoms with E-state index in [1.807, 2.05) is 0 Å². The van der Waals surface area contributed by atoms with Crippen LogP contribution < -0.4 is 0 Å². The molecule has 8 heavy (non-hydrogen) atoms. The Hall–Kier alpha value is -0.860. The summed E-state index contributed by atoms with van der Waals surface area (Å²) in [7, 11) is 0. The van der Waals surface area contributed by atoms with Crippen molar-refractivity contribution in [2.24, 2.45) is 10.2 Å². The third-order valence-electron chi connectivity index (χ3n) is 1.09. The molecule has 0 aromatic rings. The van der Waals surface area contributed by atoms with Crippen molar-refractivity contribution >= 4 is 12.6 Å². The fourth-order valence-corrected chi connectivity index (χ4v) is 0.549. The third-order valence-corrected chi connectivity index (χ3v) is 1.09. The third kappa shape index (κ3) is 1.05. The highest BCUT2D eigenvalue weighted by molar-refractivity contribution is 5.69. The Bertz CT molecular complexity index is 117. The van der Waals surface area contributed by atoms with Gasteiger partial charge in [-0.25, -0.2) is 0 Å². The van der Waals surface area contributed by atoms with Crippen molar-refractivity contribution in [3.05, 3.63) is 0 Å². The molecule has 0 aromatic carbocycles. The Labute approximate surface area is 48.7 Å². The summed E-state index contributed by atoms with van der Waals surface area (Å²) in [4.78, 5) is 2.08. The van der Waals surface area contributed by atoms with Crippen LogP contribution in [0.15, 0.2) is 10.2 Å². The average Bonchev–Trinajstić information content (AvgIpc) is 1.90. The van der Waals surface area contributed by atoms with Gasteiger partial charge in [-0.1, -0.05) is 0 Å². The van der Waals surface area contributed by atoms with Crippen molar-refractivity contribution in [1.82, 2.24) is 4.90 Å². The SMILES string of the molecule is CCN1C=NN=CC1. The van der Waals surface area contributed by atoms with Crippen LogP contribution in [0.5, 0.6) is 0 Å². The highest BCUT2D eigenvalue weighted by atomic mass is 15.3. The molecule has 0 saturated carbocycles. The van der Waals surface area contributed by atoms with Crippen molar-refractivity contribution in [2.45, 2.75) is 6.92 Å². The first kappa shape index (κ1) is 5.28. The second kappa shape index (κ2) is 2.45. The monoisotopic (exact) mass is 111 g/mol. The lowest BCUT2D eigenvalue weighted by molar-refractivity contribution is 0.512. The van der Waals surface area contributed by atoms with Crippen LogP contribution >= 0.6 is 0 Å². The highest BCUT2D eigenvalue weighted by Crippen LogP contribution is 1.85. The Kier molecular flexibility index (Phi) is 1.62. The zero-order chi connectivity index (χ0) is 5.82. The fourth-order valence-electron chi connectivity index (χ4n) is 0.549. The van der Waals surface area contributed by atoms with Gasteiger partial charge in [0.1, 0.15) is 6.34 Å². The number of nitrogens with zero attached hydrogens (tertiary/aromatic N) is 3. The Balaban J connectivity index is 2.40. The summed E-state index contributed by atoms with van der Waals surface area (Å²) in [5.41, 5.74) is 0. The van der Waals surface area contributed by atoms with E-state index in [0.29, 0.717) is 0 Å². The minimum absolute atomic E-state index is 0.903. The van der Waals surface area contributed by atoms with Crippen molar-refractivity contribution < 1.29 is 0 Å². The zero-order valence-electron chi connectivity index (χ0n) is 4.91. The minimum atomic E-state index is 0.903. The van der Waals surface area contributed by atoms with Gasteiger partial charge in [0.2, 0.25) is 0 Å². The summed E-state index contributed by atoms with van der Waals surface area (Å²) >= 11 is 0. The van der Waals surface area contributed by atoms with Crippen molar-refractivity contribution in [3.8, 4) is 0 Å². The van der Waals surface area contributed by atoms with Gasteiger partial charge in [0.25, 0.3) is 0 Å². The fraction of sp³-hybridized carbons (Fsp3) is 0.600. The molecule has 0 radical (unpaired) electrons. The second-order valence-electron chi connectivity index (χ2n) is 1.62. The molecule has 0 aromatic heterocycles. The van der Waals surface area contributed by atoms with Crippen molar-refractivity contribution in [1.29, 1.82) is 0 Å². The maximum Gasteiger partial charge on any atom is 0.114 e. The summed E-state index contributed by atoms with van der Waals surface area (Å²) in [6, 6.07) is 0. The first-order valence-electron chi connectivity index (χ1n) is 2.72. The van der Waals surface area contributed by atoms with E-state index in [1.165, 1.54) is 0 Å². The van der Waals surface area contributed by atoms with E-state index in [-0.39, 0.29) is 0 Å². The molecule has 1 rings (SSSR count). The van der Waals surface area contributed by atoms with E-state index >= 15 is 0 Å². The first-order chi connectivity index (χ1) is 3.93. The summed E-state index contributed by atoms with van der Waals surface area (Å²) < 4.78 is 0. The van der Waals surface area contributed by atoms with Gasteiger partial charge in [0, 0.05) is 12.8 Å². The van der Waals surface area contributed by atoms with Crippen molar-refractivity contribution in [2.75, 3.05) is 13.1 Å². The molecule has 0 atom stereocenters. The van der Waals surface area contributed by atoms with Crippen molar-refractivity contribution in [3.63, 3.8) is 0 Å². The van der Waals surface area contributed by atoms with Crippen LogP contribution in [0.4, 0.5) is 0 Å². The van der Waals surface area contributed by atoms with Crippen LogP contribution in [-0.2, 0) is 0 Å². The van der Waals surface area contributed by atoms with Crippen LogP contribution in [-0.4, -0.2) is 30.5 Å². The molecule has 1 heterocycles. The molecular formula is C5H9N3. The maximum absolute atomic E-state index is 3.70. The molecule has 0 amide bonds. The van der Waals surface area contributed by atoms with E-state index in [2.05, 4.69) is 22.0 Å². The molecule has 3 heteroatoms. The van der Waals surface area contributed by atoms with E-state index in [4.69, 9.17) is 0 Å². The average molecular weight is 111 g/mol. The highest BCUT2D eigenvalue weighted by Gasteiger charge is 1.94. The molecule has 0 saturated heterocycles. The predicted molar refractivity (Wildman–Crippen MR) is 34.2 cm³/mol. The summed E-state index contributed by atoms with van der Waals surface area (Å²) in [6.45, 7) is 4.00. The molecule has 44 valence electrons. The van der Waals surface area contributed by atoms with Gasteiger partial charge in [0.15, 0.2) is 0 Å². The Morgan fingerprint density at radius 3 is 2.88 bits per heavy atom. The lowest BCUT2D eigenvalue weighted by atomic mass is 10.5. The molecule has 0 aliphatic carbocycles. The summed E-state index contributed by atoms with van der Waals surface area (Å²) in [5.74, 6) is 0. The quantitative estimate of drug-likeness (QED) is 0.479. The van der Waals surface area contributed by atoms with E-state index in [9.17, 15) is 0 Å². The topological polar surface area (TPSA) is 28.0 Å². The molecule has 3 nitrogen and oxygen atoms in total. The van der Waals surface area contributed by atoms with Gasteiger partial charge < -0.3 is 4.90 Å². The molecule has 0 unspecified atom stereocenters. The molecular weight excluding hydrogens is 102 g/mol. The van der Waals surface area contributed by atoms with Gasteiger partial charge in [-0.3, -0.25) is 0 Å². The van der Waals surface area contributed by atoms with Crippen LogP contribution in [0.25, 0.3) is 0 Å². The van der Waals surface area contributed by atoms with E-state index < -0.39 is 0 Å². The molecule has 1 aliphatic rings. The van der Waals surface area contributed by atoms with Crippen LogP contribution in [0, 0.1) is 0 Å². The lowest BCUT2D eigenvalue weighted by Crippen LogP contribution is -2.25. The van der Waals surface area contributed by atoms with Crippen LogP contribution in [0.2, 0.25) is 0 Å². The van der Waals surface area contributed by atoms with Crippen LogP contribution in [0.1, 0.15) is 6.92 Å². The summed E-state index contributed by atoms with van der Waals surface area (Å²) in [5, 5.41) is 7.38. The van der Waals surface area contributed by atoms with Gasteiger partial charge >= 0.3 is 0 Å². The van der Waals surface area contributed by atoms with Gasteiger partial charge in [-0.2, -0.15) is 5.10 Å². The zero-order valence-corrected chi connectivity index (χ0v) is 4.91. The largest absolute Gasteiger partial charge is 0.356 e. The molecule has 0 bridgehead atoms. The lowest BCUT2D eigenvalue weighted by Gasteiger charge is -2.14. The Morgan fingerprint density at radius 2 is 2.50 bits per heavy atom. The van der Waals surface area contributed by atoms with Gasteiger partial charge in [0.05, 0.1) is 6.54 Å². The number of hydrogen-bond acceptors (Lipinski definition) is 3. The second-order valence-corrected chi connectivity index (χ2v) is 1.62. The standard InChI is InChI=1S/C5H9N3/c1-2-8-4-3-6-7-5-8/h3,5H,2,4H2,1H3. The summed E-state index contributed by atoms with van der Waals surface area (Å²) in [6.07, 6.45) is 3.55. The first-order valence-corrected chi connectivity index (χ1v) is 2.72. The number of rotatable bonds is 1. The predicted octanol–water partition coefficient (Wildman–Crippen LogP) is 0.336. The van der Waals surface area contributed by atoms with Gasteiger partial charge in [-0.15, -0.1) is 5.10 Å². The van der Waals surface area contributed by atoms with E-state index in [0.717, 1.165) is 13.1 Å². The minimum Gasteiger partial charge on any atom is -0.356 e.